The van der Waals surface area contributed by atoms with Crippen molar-refractivity contribution in [2.24, 2.45) is 0 Å². The fraction of sp³-hybridized carbons (Fsp3) is 0.474. The molecule has 0 bridgehead atoms. The van der Waals surface area contributed by atoms with E-state index in [0.717, 1.165) is 85.6 Å². The zero-order chi connectivity index (χ0) is 59.1. The third-order valence-electron chi connectivity index (χ3n) is 19.9. The molecule has 7 rings (SSSR count). The van der Waals surface area contributed by atoms with Crippen LogP contribution in [0.4, 0.5) is 0 Å². The lowest BCUT2D eigenvalue weighted by atomic mass is 10.0. The number of benzene rings is 4. The Labute approximate surface area is 487 Å². The first-order valence-electron chi connectivity index (χ1n) is 30.5. The van der Waals surface area contributed by atoms with Gasteiger partial charge in [-0.15, -0.1) is 22.2 Å². The minimum Gasteiger partial charge on any atom is -0.125 e. The molecule has 0 radical (unpaired) electrons. The zero-order valence-corrected chi connectivity index (χ0v) is 57.5. The van der Waals surface area contributed by atoms with Gasteiger partial charge in [0.15, 0.2) is 0 Å². The van der Waals surface area contributed by atoms with E-state index in [1.165, 1.54) is 0 Å². The van der Waals surface area contributed by atoms with Gasteiger partial charge in [-0.25, -0.2) is 0 Å². The molecule has 4 aromatic carbocycles. The van der Waals surface area contributed by atoms with Crippen LogP contribution in [0.3, 0.4) is 0 Å². The van der Waals surface area contributed by atoms with Crippen LogP contribution in [0.1, 0.15) is 166 Å². The van der Waals surface area contributed by atoms with Gasteiger partial charge >= 0.3 is 0 Å². The number of rotatable bonds is 12. The lowest BCUT2D eigenvalue weighted by molar-refractivity contribution is 0.838. The van der Waals surface area contributed by atoms with Crippen LogP contribution >= 0.6 is 0 Å². The van der Waals surface area contributed by atoms with Gasteiger partial charge in [-0.1, -0.05) is 237 Å². The van der Waals surface area contributed by atoms with Crippen LogP contribution in [0.15, 0.2) is 71.5 Å². The molecule has 0 unspecified atom stereocenters. The van der Waals surface area contributed by atoms with Crippen LogP contribution in [0.5, 0.6) is 0 Å². The van der Waals surface area contributed by atoms with Gasteiger partial charge in [0.25, 0.3) is 0 Å². The molecule has 0 heterocycles. The third kappa shape index (κ3) is 10.3. The highest BCUT2D eigenvalue weighted by atomic mass is 28.3. The van der Waals surface area contributed by atoms with E-state index < -0.39 is 32.3 Å². The SMILES string of the molecule is CC(C)[Si](C#CC1=c2ccc3c4c(ccc(c24)=C1C#C[Si](C(C)C)(C(C)C)C(C)C)=C=C=C=C=c1ccc2c4c(ccc(c14)=C=C=C=C=3)=C(C#C[Si](C(C)C)(C(C)C)C(C)C)C=2C#C[Si](C(C)C)(C(C)C)C(C)C)(C(C)C)C(C)C. The Morgan fingerprint density at radius 2 is 0.400 bits per heavy atom. The molecule has 3 aliphatic rings. The second-order valence-electron chi connectivity index (χ2n) is 27.2. The van der Waals surface area contributed by atoms with Crippen LogP contribution in [0, 0.1) is 45.9 Å². The summed E-state index contributed by atoms with van der Waals surface area (Å²) in [6.45, 7) is 57.5. The fourth-order valence-electron chi connectivity index (χ4n) is 16.1. The van der Waals surface area contributed by atoms with E-state index in [-0.39, 0.29) is 0 Å². The molecule has 0 aromatic heterocycles. The van der Waals surface area contributed by atoms with Crippen LogP contribution in [0.2, 0.25) is 66.5 Å². The van der Waals surface area contributed by atoms with Crippen molar-refractivity contribution < 1.29 is 0 Å². The van der Waals surface area contributed by atoms with Crippen LogP contribution < -0.4 is 41.7 Å². The first-order valence-corrected chi connectivity index (χ1v) is 39.4. The highest BCUT2D eigenvalue weighted by Gasteiger charge is 2.45. The molecular weight excluding hydrogens is 1030 g/mol. The summed E-state index contributed by atoms with van der Waals surface area (Å²) in [6, 6.07) is 17.7. The molecular formula is C76H92Si4. The Hall–Kier alpha value is -5.77. The summed E-state index contributed by atoms with van der Waals surface area (Å²) in [5, 5.41) is 12.4. The maximum absolute atomic E-state index is 4.12. The fourth-order valence-corrected chi connectivity index (χ4v) is 36.9. The molecule has 0 amide bonds. The Morgan fingerprint density at radius 3 is 0.550 bits per heavy atom. The molecule has 0 aliphatic heterocycles. The van der Waals surface area contributed by atoms with Crippen molar-refractivity contribution in [1.82, 2.24) is 0 Å². The average molecular weight is 1120 g/mol. The monoisotopic (exact) mass is 1120 g/mol. The van der Waals surface area contributed by atoms with Crippen molar-refractivity contribution >= 4 is 99.1 Å². The van der Waals surface area contributed by atoms with Crippen molar-refractivity contribution in [2.45, 2.75) is 233 Å². The topological polar surface area (TPSA) is 0 Å². The van der Waals surface area contributed by atoms with Gasteiger partial charge in [0, 0.05) is 64.7 Å². The summed E-state index contributed by atoms with van der Waals surface area (Å²) in [5.41, 5.74) is 54.5. The molecule has 0 nitrogen and oxygen atoms in total. The van der Waals surface area contributed by atoms with E-state index in [9.17, 15) is 0 Å². The molecule has 3 aliphatic carbocycles. The van der Waals surface area contributed by atoms with Gasteiger partial charge in [0.2, 0.25) is 0 Å². The molecule has 4 heteroatoms. The normalized spacial score (nSPS) is 13.8. The minimum absolute atomic E-state index is 0.503. The van der Waals surface area contributed by atoms with Crippen LogP contribution in [-0.2, 0) is 0 Å². The third-order valence-corrected chi connectivity index (χ3v) is 45.1. The van der Waals surface area contributed by atoms with Gasteiger partial charge in [0.05, 0.1) is 0 Å². The smallest absolute Gasteiger partial charge is 0.125 e. The van der Waals surface area contributed by atoms with Gasteiger partial charge < -0.3 is 0 Å². The molecule has 0 fully saturated rings. The lowest BCUT2D eigenvalue weighted by Gasteiger charge is -2.38. The lowest BCUT2D eigenvalue weighted by Crippen LogP contribution is -2.43. The van der Waals surface area contributed by atoms with Gasteiger partial charge in [-0.2, -0.15) is 0 Å². The highest BCUT2D eigenvalue weighted by molar-refractivity contribution is 6.92. The van der Waals surface area contributed by atoms with Crippen LogP contribution in [-0.4, -0.2) is 32.3 Å². The van der Waals surface area contributed by atoms with E-state index >= 15 is 0 Å². The summed E-state index contributed by atoms with van der Waals surface area (Å²) in [5.74, 6) is 15.9. The number of hydrogen-bond acceptors (Lipinski definition) is 0. The Kier molecular flexibility index (Phi) is 18.5. The predicted molar refractivity (Wildman–Crippen MR) is 362 cm³/mol. The van der Waals surface area contributed by atoms with Crippen molar-refractivity contribution in [3.8, 4) is 45.9 Å². The molecule has 0 atom stereocenters. The van der Waals surface area contributed by atoms with E-state index in [1.807, 2.05) is 0 Å². The van der Waals surface area contributed by atoms with E-state index in [2.05, 4.69) is 306 Å². The van der Waals surface area contributed by atoms with Crippen molar-refractivity contribution in [2.75, 3.05) is 0 Å². The first kappa shape index (κ1) is 61.8. The molecule has 0 spiro atoms. The maximum atomic E-state index is 4.12. The minimum atomic E-state index is -2.11. The maximum Gasteiger partial charge on any atom is 0.146 e. The Balaban J connectivity index is 1.71. The number of hydrogen-bond donors (Lipinski definition) is 0. The van der Waals surface area contributed by atoms with Crippen LogP contribution in [0.25, 0.3) is 66.8 Å². The predicted octanol–water partition coefficient (Wildman–Crippen LogP) is 14.5. The zero-order valence-electron chi connectivity index (χ0n) is 53.5. The van der Waals surface area contributed by atoms with E-state index in [4.69, 9.17) is 0 Å². The van der Waals surface area contributed by atoms with Gasteiger partial charge in [0.1, 0.15) is 32.3 Å². The van der Waals surface area contributed by atoms with Crippen molar-refractivity contribution in [3.63, 3.8) is 0 Å². The quantitative estimate of drug-likeness (QED) is 0.0664. The molecule has 0 saturated carbocycles. The second-order valence-corrected chi connectivity index (χ2v) is 49.6. The van der Waals surface area contributed by atoms with Gasteiger partial charge in [-0.3, -0.25) is 0 Å². The summed E-state index contributed by atoms with van der Waals surface area (Å²) in [6.07, 6.45) is 0. The summed E-state index contributed by atoms with van der Waals surface area (Å²) in [7, 11) is -8.43. The van der Waals surface area contributed by atoms with E-state index in [1.54, 1.807) is 0 Å². The molecule has 412 valence electrons. The first-order chi connectivity index (χ1) is 37.6. The molecule has 0 saturated heterocycles. The van der Waals surface area contributed by atoms with E-state index in [0.29, 0.717) is 66.5 Å². The summed E-state index contributed by atoms with van der Waals surface area (Å²) < 4.78 is 0. The molecule has 4 aromatic rings. The average Bonchev–Trinajstić information content (AvgIpc) is 3.97. The Bertz CT molecular complexity index is 3650. The standard InChI is InChI=1S/C76H92Si4/c1-49(2)77(50(3)4,51(5)6)45-41-65-66(42-46-78(52(7)8,53(9)10)54(11)12)70-38-34-62-30-26-28-32-64-36-40-72-68(44-48-80(58(19)20,59(21)22)60(23)24)67(43-47-79(55(13)14,56(15)16)57(17)18)71-39-35-63(74(64)76(71)72)31-27-25-29-61-33-37-69(65)75(70)73(61)62/h33-40,49-60H,1-24H3. The largest absolute Gasteiger partial charge is 0.146 e. The van der Waals surface area contributed by atoms with Crippen molar-refractivity contribution in [1.29, 1.82) is 0 Å². The highest BCUT2D eigenvalue weighted by Crippen LogP contribution is 2.44. The summed E-state index contributed by atoms with van der Waals surface area (Å²) in [4.78, 5) is 0. The Morgan fingerprint density at radius 1 is 0.237 bits per heavy atom. The molecule has 0 N–H and O–H groups in total. The van der Waals surface area contributed by atoms with Gasteiger partial charge in [-0.05, 0) is 135 Å². The second kappa shape index (κ2) is 24.0. The summed E-state index contributed by atoms with van der Waals surface area (Å²) >= 11 is 0. The molecule has 80 heavy (non-hydrogen) atoms. The van der Waals surface area contributed by atoms with Crippen molar-refractivity contribution in [3.05, 3.63) is 113 Å².